The second kappa shape index (κ2) is 8.61. The quantitative estimate of drug-likeness (QED) is 0.846. The van der Waals surface area contributed by atoms with Crippen molar-refractivity contribution in [1.29, 1.82) is 0 Å². The Morgan fingerprint density at radius 2 is 1.96 bits per heavy atom. The third-order valence-corrected chi connectivity index (χ3v) is 5.34. The van der Waals surface area contributed by atoms with Gasteiger partial charge in [0.15, 0.2) is 0 Å². The van der Waals surface area contributed by atoms with E-state index >= 15 is 0 Å². The van der Waals surface area contributed by atoms with Crippen molar-refractivity contribution in [2.75, 3.05) is 19.7 Å². The molecule has 28 heavy (non-hydrogen) atoms. The van der Waals surface area contributed by atoms with E-state index in [0.29, 0.717) is 32.3 Å². The van der Waals surface area contributed by atoms with E-state index in [1.807, 2.05) is 24.3 Å². The minimum Gasteiger partial charge on any atom is -0.490 e. The van der Waals surface area contributed by atoms with E-state index in [4.69, 9.17) is 9.47 Å². The Hall–Kier alpha value is -2.60. The molecule has 2 aliphatic rings. The Kier molecular flexibility index (Phi) is 5.76. The molecule has 1 aliphatic heterocycles. The molecule has 6 heteroatoms. The summed E-state index contributed by atoms with van der Waals surface area (Å²) in [4.78, 5) is 14.4. The van der Waals surface area contributed by atoms with Gasteiger partial charge < -0.3 is 19.7 Å². The molecule has 2 amide bonds. The number of morpholine rings is 1. The summed E-state index contributed by atoms with van der Waals surface area (Å²) in [6.07, 6.45) is 3.47. The first kappa shape index (κ1) is 18.7. The van der Waals surface area contributed by atoms with Gasteiger partial charge in [-0.15, -0.1) is 0 Å². The van der Waals surface area contributed by atoms with Crippen LogP contribution in [0.2, 0.25) is 0 Å². The number of nitrogens with zero attached hydrogens (tertiary/aromatic N) is 1. The second-order valence-electron chi connectivity index (χ2n) is 7.29. The smallest absolute Gasteiger partial charge is 0.317 e. The largest absolute Gasteiger partial charge is 0.490 e. The predicted octanol–water partition coefficient (Wildman–Crippen LogP) is 4.04. The molecule has 4 rings (SSSR count). The van der Waals surface area contributed by atoms with Crippen molar-refractivity contribution in [1.82, 2.24) is 10.2 Å². The van der Waals surface area contributed by atoms with Crippen LogP contribution >= 0.6 is 0 Å². The Balaban J connectivity index is 1.34. The molecule has 1 saturated carbocycles. The van der Waals surface area contributed by atoms with Crippen LogP contribution in [0, 0.1) is 5.82 Å². The number of para-hydroxylation sites is 1. The molecule has 5 nitrogen and oxygen atoms in total. The summed E-state index contributed by atoms with van der Waals surface area (Å²) < 4.78 is 24.9. The number of nitrogens with one attached hydrogen (secondary N) is 1. The van der Waals surface area contributed by atoms with Crippen LogP contribution in [0.25, 0.3) is 0 Å². The molecular weight excluding hydrogens is 359 g/mol. The molecule has 1 aliphatic carbocycles. The van der Waals surface area contributed by atoms with Crippen LogP contribution in [-0.2, 0) is 11.3 Å². The fraction of sp³-hybridized carbons (Fsp3) is 0.409. The van der Waals surface area contributed by atoms with Gasteiger partial charge in [-0.05, 0) is 43.0 Å². The maximum atomic E-state index is 13.1. The lowest BCUT2D eigenvalue weighted by Crippen LogP contribution is -2.47. The van der Waals surface area contributed by atoms with E-state index in [1.165, 1.54) is 18.6 Å². The minimum atomic E-state index is -0.281. The van der Waals surface area contributed by atoms with Crippen LogP contribution in [0.1, 0.15) is 36.5 Å². The predicted molar refractivity (Wildman–Crippen MR) is 104 cm³/mol. The van der Waals surface area contributed by atoms with Crippen LogP contribution in [0.4, 0.5) is 9.18 Å². The molecule has 0 spiro atoms. The number of amides is 2. The standard InChI is InChI=1S/C22H25FN2O3/c23-18-10-8-16(9-11-18)21-15-25(12-13-27-21)22(26)24-14-17-4-1-2-7-20(17)28-19-5-3-6-19/h1-2,4,7-11,19,21H,3,5-6,12-15H2,(H,24,26). The van der Waals surface area contributed by atoms with E-state index < -0.39 is 0 Å². The maximum absolute atomic E-state index is 13.1. The lowest BCUT2D eigenvalue weighted by atomic mass is 9.96. The van der Waals surface area contributed by atoms with Crippen LogP contribution in [0.5, 0.6) is 5.75 Å². The third kappa shape index (κ3) is 4.44. The molecule has 2 fully saturated rings. The molecule has 1 N–H and O–H groups in total. The van der Waals surface area contributed by atoms with Crippen molar-refractivity contribution in [3.05, 3.63) is 65.5 Å². The molecule has 148 valence electrons. The first-order valence-electron chi connectivity index (χ1n) is 9.83. The lowest BCUT2D eigenvalue weighted by Gasteiger charge is -2.33. The molecule has 1 heterocycles. The van der Waals surface area contributed by atoms with Crippen molar-refractivity contribution in [2.45, 2.75) is 38.0 Å². The molecule has 2 aromatic rings. The Morgan fingerprint density at radius 3 is 2.71 bits per heavy atom. The van der Waals surface area contributed by atoms with Crippen LogP contribution in [0.15, 0.2) is 48.5 Å². The van der Waals surface area contributed by atoms with Crippen LogP contribution in [0.3, 0.4) is 0 Å². The van der Waals surface area contributed by atoms with E-state index in [1.54, 1.807) is 17.0 Å². The van der Waals surface area contributed by atoms with Gasteiger partial charge in [-0.1, -0.05) is 30.3 Å². The first-order chi connectivity index (χ1) is 13.7. The molecule has 1 saturated heterocycles. The van der Waals surface area contributed by atoms with Gasteiger partial charge in [0.1, 0.15) is 17.7 Å². The maximum Gasteiger partial charge on any atom is 0.317 e. The Morgan fingerprint density at radius 1 is 1.18 bits per heavy atom. The highest BCUT2D eigenvalue weighted by Gasteiger charge is 2.26. The summed E-state index contributed by atoms with van der Waals surface area (Å²) >= 11 is 0. The van der Waals surface area contributed by atoms with E-state index in [0.717, 1.165) is 29.7 Å². The number of hydrogen-bond donors (Lipinski definition) is 1. The molecule has 0 aromatic heterocycles. The monoisotopic (exact) mass is 384 g/mol. The first-order valence-corrected chi connectivity index (χ1v) is 9.83. The number of benzene rings is 2. The number of ether oxygens (including phenoxy) is 2. The summed E-state index contributed by atoms with van der Waals surface area (Å²) in [5.41, 5.74) is 1.85. The highest BCUT2D eigenvalue weighted by atomic mass is 19.1. The number of rotatable bonds is 5. The normalized spacial score (nSPS) is 19.8. The highest BCUT2D eigenvalue weighted by molar-refractivity contribution is 5.74. The van der Waals surface area contributed by atoms with Gasteiger partial charge in [0.25, 0.3) is 0 Å². The number of carbonyl (C=O) groups is 1. The van der Waals surface area contributed by atoms with Crippen LogP contribution < -0.4 is 10.1 Å². The van der Waals surface area contributed by atoms with Crippen molar-refractivity contribution in [2.24, 2.45) is 0 Å². The Labute approximate surface area is 164 Å². The summed E-state index contributed by atoms with van der Waals surface area (Å²) in [6.45, 7) is 1.85. The Bertz CT molecular complexity index is 808. The summed E-state index contributed by atoms with van der Waals surface area (Å²) in [5, 5.41) is 2.99. The van der Waals surface area contributed by atoms with E-state index in [-0.39, 0.29) is 18.0 Å². The zero-order valence-corrected chi connectivity index (χ0v) is 15.8. The van der Waals surface area contributed by atoms with Crippen LogP contribution in [-0.4, -0.2) is 36.7 Å². The fourth-order valence-corrected chi connectivity index (χ4v) is 3.43. The average Bonchev–Trinajstić information content (AvgIpc) is 2.70. The summed E-state index contributed by atoms with van der Waals surface area (Å²) in [5.74, 6) is 0.565. The number of carbonyl (C=O) groups excluding carboxylic acids is 1. The highest BCUT2D eigenvalue weighted by Crippen LogP contribution is 2.28. The van der Waals surface area contributed by atoms with Crippen molar-refractivity contribution < 1.29 is 18.7 Å². The van der Waals surface area contributed by atoms with Gasteiger partial charge in [0, 0.05) is 18.7 Å². The second-order valence-corrected chi connectivity index (χ2v) is 7.29. The fourth-order valence-electron chi connectivity index (χ4n) is 3.43. The molecule has 1 unspecified atom stereocenters. The van der Waals surface area contributed by atoms with Gasteiger partial charge in [-0.2, -0.15) is 0 Å². The number of hydrogen-bond acceptors (Lipinski definition) is 3. The van der Waals surface area contributed by atoms with Gasteiger partial charge in [0.05, 0.1) is 19.3 Å². The topological polar surface area (TPSA) is 50.8 Å². The van der Waals surface area contributed by atoms with Gasteiger partial charge in [0.2, 0.25) is 0 Å². The van der Waals surface area contributed by atoms with E-state index in [9.17, 15) is 9.18 Å². The summed E-state index contributed by atoms with van der Waals surface area (Å²) in [6, 6.07) is 13.9. The molecule has 0 bridgehead atoms. The van der Waals surface area contributed by atoms with Gasteiger partial charge in [-0.3, -0.25) is 0 Å². The van der Waals surface area contributed by atoms with Gasteiger partial charge >= 0.3 is 6.03 Å². The molecule has 2 aromatic carbocycles. The van der Waals surface area contributed by atoms with Crippen molar-refractivity contribution >= 4 is 6.03 Å². The zero-order valence-electron chi connectivity index (χ0n) is 15.8. The molecular formula is C22H25FN2O3. The molecule has 0 radical (unpaired) electrons. The summed E-state index contributed by atoms with van der Waals surface area (Å²) in [7, 11) is 0. The number of urea groups is 1. The number of halogens is 1. The van der Waals surface area contributed by atoms with Gasteiger partial charge in [-0.25, -0.2) is 9.18 Å². The lowest BCUT2D eigenvalue weighted by molar-refractivity contribution is -0.0155. The van der Waals surface area contributed by atoms with E-state index in [2.05, 4.69) is 5.32 Å². The average molecular weight is 384 g/mol. The molecule has 1 atom stereocenters. The minimum absolute atomic E-state index is 0.131. The van der Waals surface area contributed by atoms with Crippen molar-refractivity contribution in [3.8, 4) is 5.75 Å². The van der Waals surface area contributed by atoms with Crippen molar-refractivity contribution in [3.63, 3.8) is 0 Å². The SMILES string of the molecule is O=C(NCc1ccccc1OC1CCC1)N1CCOC(c2ccc(F)cc2)C1. The third-order valence-electron chi connectivity index (χ3n) is 5.34. The zero-order chi connectivity index (χ0) is 19.3.